The lowest BCUT2D eigenvalue weighted by Gasteiger charge is -2.19. The molecule has 0 spiro atoms. The third-order valence-electron chi connectivity index (χ3n) is 4.59. The Morgan fingerprint density at radius 3 is 2.46 bits per heavy atom. The van der Waals surface area contributed by atoms with Crippen molar-refractivity contribution in [2.75, 3.05) is 13.7 Å². The van der Waals surface area contributed by atoms with Gasteiger partial charge in [0.15, 0.2) is 0 Å². The number of aromatic carboxylic acids is 1. The molecule has 0 fully saturated rings. The highest BCUT2D eigenvalue weighted by atomic mass is 16.5. The maximum Gasteiger partial charge on any atom is 0.339 e. The molecular formula is C22H26N2O4. The second-order valence-corrected chi connectivity index (χ2v) is 6.48. The van der Waals surface area contributed by atoms with E-state index in [1.807, 2.05) is 37.3 Å². The van der Waals surface area contributed by atoms with Gasteiger partial charge in [0, 0.05) is 19.9 Å². The minimum absolute atomic E-state index is 0.108. The average Bonchev–Trinajstić information content (AvgIpc) is 2.68. The summed E-state index contributed by atoms with van der Waals surface area (Å²) in [4.78, 5) is 24.4. The Hall–Kier alpha value is -3.15. The molecule has 0 saturated heterocycles. The number of rotatable bonds is 8. The molecule has 2 rings (SSSR count). The monoisotopic (exact) mass is 382 g/mol. The number of nitrogens with one attached hydrogen (secondary N) is 1. The Morgan fingerprint density at radius 1 is 1.14 bits per heavy atom. The van der Waals surface area contributed by atoms with Gasteiger partial charge < -0.3 is 14.7 Å². The van der Waals surface area contributed by atoms with Crippen LogP contribution in [0.2, 0.25) is 0 Å². The van der Waals surface area contributed by atoms with Gasteiger partial charge in [0.05, 0.1) is 7.11 Å². The largest absolute Gasteiger partial charge is 0.496 e. The van der Waals surface area contributed by atoms with Gasteiger partial charge in [0.2, 0.25) is 5.91 Å². The molecule has 6 nitrogen and oxygen atoms in total. The summed E-state index contributed by atoms with van der Waals surface area (Å²) in [6.45, 7) is 3.84. The average molecular weight is 382 g/mol. The van der Waals surface area contributed by atoms with Crippen LogP contribution in [-0.2, 0) is 11.2 Å². The first-order valence-electron chi connectivity index (χ1n) is 9.23. The number of nitrogens with zero attached hydrogens (tertiary/aromatic N) is 1. The van der Waals surface area contributed by atoms with E-state index < -0.39 is 5.97 Å². The van der Waals surface area contributed by atoms with E-state index in [1.54, 1.807) is 12.1 Å². The van der Waals surface area contributed by atoms with Crippen molar-refractivity contribution in [1.82, 2.24) is 4.90 Å². The standard InChI is InChI=1S/C22H26N2O4/c1-4-24(15(2)25)21(23)10-6-8-16-7-5-9-17(13-16)18-11-12-20(28-3)19(14-18)22(26)27/h5,7,9,11-14,23H,4,6,8,10H2,1-3H3,(H,26,27). The van der Waals surface area contributed by atoms with Crippen LogP contribution in [0.5, 0.6) is 5.75 Å². The number of amidine groups is 1. The third-order valence-corrected chi connectivity index (χ3v) is 4.59. The number of methoxy groups -OCH3 is 1. The first kappa shape index (κ1) is 21.2. The molecule has 28 heavy (non-hydrogen) atoms. The van der Waals surface area contributed by atoms with E-state index in [2.05, 4.69) is 0 Å². The van der Waals surface area contributed by atoms with Crippen molar-refractivity contribution in [3.05, 3.63) is 53.6 Å². The molecule has 0 atom stereocenters. The van der Waals surface area contributed by atoms with Crippen LogP contribution in [0.4, 0.5) is 0 Å². The lowest BCUT2D eigenvalue weighted by Crippen LogP contribution is -2.34. The molecule has 6 heteroatoms. The van der Waals surface area contributed by atoms with E-state index >= 15 is 0 Å². The number of hydrogen-bond donors (Lipinski definition) is 2. The van der Waals surface area contributed by atoms with E-state index in [0.717, 1.165) is 29.5 Å². The maximum absolute atomic E-state index is 11.5. The Labute approximate surface area is 165 Å². The van der Waals surface area contributed by atoms with Crippen LogP contribution in [0.3, 0.4) is 0 Å². The van der Waals surface area contributed by atoms with Crippen molar-refractivity contribution in [3.8, 4) is 16.9 Å². The second-order valence-electron chi connectivity index (χ2n) is 6.48. The molecule has 1 amide bonds. The summed E-state index contributed by atoms with van der Waals surface area (Å²) < 4.78 is 5.11. The highest BCUT2D eigenvalue weighted by Crippen LogP contribution is 2.27. The van der Waals surface area contributed by atoms with Crippen molar-refractivity contribution in [3.63, 3.8) is 0 Å². The molecule has 0 aromatic heterocycles. The molecule has 0 saturated carbocycles. The predicted octanol–water partition coefficient (Wildman–Crippen LogP) is 4.23. The zero-order valence-corrected chi connectivity index (χ0v) is 16.5. The highest BCUT2D eigenvalue weighted by molar-refractivity contribution is 5.95. The predicted molar refractivity (Wildman–Crippen MR) is 109 cm³/mol. The number of carboxylic acids is 1. The topological polar surface area (TPSA) is 90.7 Å². The van der Waals surface area contributed by atoms with Gasteiger partial charge in [-0.15, -0.1) is 0 Å². The molecular weight excluding hydrogens is 356 g/mol. The molecule has 2 aromatic carbocycles. The molecule has 0 aliphatic carbocycles. The van der Waals surface area contributed by atoms with Crippen LogP contribution in [0.15, 0.2) is 42.5 Å². The fourth-order valence-corrected chi connectivity index (χ4v) is 3.16. The molecule has 0 heterocycles. The summed E-state index contributed by atoms with van der Waals surface area (Å²) in [5.74, 6) is -0.466. The minimum Gasteiger partial charge on any atom is -0.496 e. The van der Waals surface area contributed by atoms with Crippen LogP contribution < -0.4 is 4.74 Å². The molecule has 0 aliphatic rings. The van der Waals surface area contributed by atoms with Crippen LogP contribution in [-0.4, -0.2) is 41.4 Å². The van der Waals surface area contributed by atoms with Crippen molar-refractivity contribution in [2.45, 2.75) is 33.1 Å². The van der Waals surface area contributed by atoms with Gasteiger partial charge in [-0.05, 0) is 48.6 Å². The number of amides is 1. The summed E-state index contributed by atoms with van der Waals surface area (Å²) in [5.41, 5.74) is 2.96. The number of aryl methyl sites for hydroxylation is 1. The number of carbonyl (C=O) groups is 2. The third kappa shape index (κ3) is 5.19. The molecule has 0 bridgehead atoms. The van der Waals surface area contributed by atoms with Gasteiger partial charge in [-0.2, -0.15) is 0 Å². The first-order chi connectivity index (χ1) is 13.4. The Balaban J connectivity index is 2.10. The number of ether oxygens (including phenoxy) is 1. The minimum atomic E-state index is -1.03. The van der Waals surface area contributed by atoms with Crippen molar-refractivity contribution < 1.29 is 19.4 Å². The second kappa shape index (κ2) is 9.69. The van der Waals surface area contributed by atoms with Crippen molar-refractivity contribution in [2.24, 2.45) is 0 Å². The molecule has 2 aromatic rings. The summed E-state index contributed by atoms with van der Waals surface area (Å²) in [6, 6.07) is 13.0. The Morgan fingerprint density at radius 2 is 1.86 bits per heavy atom. The fraction of sp³-hybridized carbons (Fsp3) is 0.318. The normalized spacial score (nSPS) is 10.4. The number of carboxylic acid groups (broad SMARTS) is 1. The summed E-state index contributed by atoms with van der Waals surface area (Å²) in [5, 5.41) is 17.4. The highest BCUT2D eigenvalue weighted by Gasteiger charge is 2.13. The van der Waals surface area contributed by atoms with E-state index in [4.69, 9.17) is 10.1 Å². The smallest absolute Gasteiger partial charge is 0.339 e. The Bertz CT molecular complexity index is 877. The van der Waals surface area contributed by atoms with E-state index in [-0.39, 0.29) is 11.5 Å². The lowest BCUT2D eigenvalue weighted by molar-refractivity contribution is -0.125. The van der Waals surface area contributed by atoms with Crippen molar-refractivity contribution >= 4 is 17.7 Å². The van der Waals surface area contributed by atoms with Crippen LogP contribution in [0, 0.1) is 5.41 Å². The van der Waals surface area contributed by atoms with Gasteiger partial charge in [-0.1, -0.05) is 30.3 Å². The van der Waals surface area contributed by atoms with Gasteiger partial charge in [0.1, 0.15) is 17.1 Å². The molecule has 0 aliphatic heterocycles. The van der Waals surface area contributed by atoms with E-state index in [1.165, 1.54) is 18.9 Å². The molecule has 0 unspecified atom stereocenters. The fourth-order valence-electron chi connectivity index (χ4n) is 3.16. The lowest BCUT2D eigenvalue weighted by atomic mass is 9.98. The quantitative estimate of drug-likeness (QED) is 0.528. The maximum atomic E-state index is 11.5. The van der Waals surface area contributed by atoms with Crippen LogP contribution >= 0.6 is 0 Å². The Kier molecular flexibility index (Phi) is 7.32. The zero-order valence-electron chi connectivity index (χ0n) is 16.5. The zero-order chi connectivity index (χ0) is 20.7. The van der Waals surface area contributed by atoms with Crippen molar-refractivity contribution in [1.29, 1.82) is 5.41 Å². The first-order valence-corrected chi connectivity index (χ1v) is 9.23. The van der Waals surface area contributed by atoms with Gasteiger partial charge in [-0.25, -0.2) is 4.79 Å². The number of benzene rings is 2. The molecule has 0 radical (unpaired) electrons. The molecule has 2 N–H and O–H groups in total. The summed E-state index contributed by atoms with van der Waals surface area (Å²) in [6.07, 6.45) is 2.06. The van der Waals surface area contributed by atoms with Gasteiger partial charge in [0.25, 0.3) is 0 Å². The molecule has 148 valence electrons. The van der Waals surface area contributed by atoms with E-state index in [0.29, 0.717) is 24.6 Å². The van der Waals surface area contributed by atoms with Crippen LogP contribution in [0.25, 0.3) is 11.1 Å². The van der Waals surface area contributed by atoms with E-state index in [9.17, 15) is 14.7 Å². The summed E-state index contributed by atoms with van der Waals surface area (Å²) in [7, 11) is 1.45. The SMILES string of the molecule is CCN(C(=N)CCCc1cccc(-c2ccc(OC)c(C(=O)O)c2)c1)C(C)=O. The van der Waals surface area contributed by atoms with Gasteiger partial charge in [-0.3, -0.25) is 10.2 Å². The summed E-state index contributed by atoms with van der Waals surface area (Å²) >= 11 is 0. The van der Waals surface area contributed by atoms with Crippen LogP contribution in [0.1, 0.15) is 42.6 Å². The number of carbonyl (C=O) groups excluding carboxylic acids is 1. The van der Waals surface area contributed by atoms with Gasteiger partial charge >= 0.3 is 5.97 Å². The number of hydrogen-bond acceptors (Lipinski definition) is 4.